The Hall–Kier alpha value is -2.94. The smallest absolute Gasteiger partial charge is 0.443 e. The quantitative estimate of drug-likeness (QED) is 0.253. The highest BCUT2D eigenvalue weighted by Crippen LogP contribution is 2.44. The zero-order valence-electron chi connectivity index (χ0n) is 21.2. The lowest BCUT2D eigenvalue weighted by molar-refractivity contribution is 0.181. The molecule has 0 fully saturated rings. The van der Waals surface area contributed by atoms with Gasteiger partial charge < -0.3 is 9.47 Å². The monoisotopic (exact) mass is 514 g/mol. The van der Waals surface area contributed by atoms with Gasteiger partial charge in [-0.3, -0.25) is 9.05 Å². The fourth-order valence-electron chi connectivity index (χ4n) is 3.42. The molecule has 0 radical (unpaired) electrons. The molecule has 0 heterocycles. The Labute approximate surface area is 209 Å². The maximum Gasteiger partial charge on any atom is 0.604 e. The number of rotatable bonds is 10. The van der Waals surface area contributed by atoms with Crippen LogP contribution in [0.1, 0.15) is 43.0 Å². The normalized spacial score (nSPS) is 13.0. The lowest BCUT2D eigenvalue weighted by Gasteiger charge is -2.18. The molecular formula is C27H32O6P2+2. The maximum absolute atomic E-state index is 13.1. The van der Waals surface area contributed by atoms with Gasteiger partial charge in [0, 0.05) is 26.8 Å². The van der Waals surface area contributed by atoms with E-state index in [0.29, 0.717) is 23.0 Å². The Morgan fingerprint density at radius 1 is 0.714 bits per heavy atom. The topological polar surface area (TPSA) is 71.1 Å². The summed E-state index contributed by atoms with van der Waals surface area (Å²) in [5.74, 6) is 1.38. The molecule has 0 aliphatic heterocycles. The zero-order chi connectivity index (χ0) is 25.8. The van der Waals surface area contributed by atoms with Gasteiger partial charge in [-0.15, -0.1) is 0 Å². The van der Waals surface area contributed by atoms with Crippen molar-refractivity contribution in [3.8, 4) is 23.0 Å². The van der Waals surface area contributed by atoms with E-state index in [0.717, 1.165) is 22.3 Å². The summed E-state index contributed by atoms with van der Waals surface area (Å²) in [6.07, 6.45) is 0. The first-order valence-electron chi connectivity index (χ1n) is 11.4. The summed E-state index contributed by atoms with van der Waals surface area (Å²) in [4.78, 5) is 0. The molecule has 3 aromatic rings. The van der Waals surface area contributed by atoms with Gasteiger partial charge in [0.05, 0.1) is 0 Å². The highest BCUT2D eigenvalue weighted by Gasteiger charge is 2.47. The van der Waals surface area contributed by atoms with E-state index in [2.05, 4.69) is 0 Å². The zero-order valence-corrected chi connectivity index (χ0v) is 23.0. The van der Waals surface area contributed by atoms with E-state index in [-0.39, 0.29) is 0 Å². The van der Waals surface area contributed by atoms with Crippen molar-refractivity contribution in [1.82, 2.24) is 0 Å². The number of hydrogen-bond acceptors (Lipinski definition) is 6. The van der Waals surface area contributed by atoms with Crippen molar-refractivity contribution >= 4 is 16.1 Å². The van der Waals surface area contributed by atoms with E-state index >= 15 is 0 Å². The van der Waals surface area contributed by atoms with Crippen molar-refractivity contribution in [1.29, 1.82) is 0 Å². The average molecular weight is 514 g/mol. The largest absolute Gasteiger partial charge is 0.604 e. The third-order valence-corrected chi connectivity index (χ3v) is 7.82. The Morgan fingerprint density at radius 3 is 1.71 bits per heavy atom. The van der Waals surface area contributed by atoms with Crippen molar-refractivity contribution in [2.45, 2.75) is 59.7 Å². The minimum atomic E-state index is -2.26. The summed E-state index contributed by atoms with van der Waals surface area (Å²) in [7, 11) is -4.45. The van der Waals surface area contributed by atoms with Gasteiger partial charge in [0.1, 0.15) is 11.5 Å². The Bertz CT molecular complexity index is 1200. The molecule has 3 atom stereocenters. The van der Waals surface area contributed by atoms with Crippen LogP contribution < -0.4 is 18.5 Å². The fourth-order valence-corrected chi connectivity index (χ4v) is 4.77. The molecule has 6 nitrogen and oxygen atoms in total. The molecule has 0 aromatic heterocycles. The van der Waals surface area contributed by atoms with Crippen LogP contribution in [0.15, 0.2) is 60.7 Å². The summed E-state index contributed by atoms with van der Waals surface area (Å²) in [5.41, 5.74) is 3.84. The number of ether oxygens (including phenoxy) is 2. The highest BCUT2D eigenvalue weighted by atomic mass is 31.1. The number of aryl methyl sites for hydroxylation is 4. The van der Waals surface area contributed by atoms with Gasteiger partial charge in [0.15, 0.2) is 11.5 Å². The van der Waals surface area contributed by atoms with E-state index < -0.39 is 27.2 Å². The van der Waals surface area contributed by atoms with Crippen LogP contribution in [0.2, 0.25) is 0 Å². The molecule has 0 amide bonds. The van der Waals surface area contributed by atoms with E-state index in [1.807, 2.05) is 64.1 Å². The molecule has 3 unspecified atom stereocenters. The molecule has 0 saturated carbocycles. The molecule has 0 spiro atoms. The van der Waals surface area contributed by atoms with Gasteiger partial charge in [-0.05, 0) is 71.2 Å². The standard InChI is InChI=1S/C27H32O6P2/c1-18-11-8-12-19(2)25(18)30-22(5)34(28)32-23-15-10-16-24(17-23)33-35(29)27(6,7)31-26-20(3)13-9-14-21(26)4/h8-17,22H,1-7H3/q+2. The first-order chi connectivity index (χ1) is 16.5. The molecule has 0 bridgehead atoms. The van der Waals surface area contributed by atoms with Crippen LogP contribution in [0.25, 0.3) is 0 Å². The Morgan fingerprint density at radius 2 is 1.17 bits per heavy atom. The van der Waals surface area contributed by atoms with Crippen molar-refractivity contribution in [3.63, 3.8) is 0 Å². The van der Waals surface area contributed by atoms with Gasteiger partial charge in [-0.25, -0.2) is 0 Å². The second kappa shape index (κ2) is 11.2. The van der Waals surface area contributed by atoms with E-state index in [4.69, 9.17) is 18.5 Å². The first kappa shape index (κ1) is 26.7. The molecule has 35 heavy (non-hydrogen) atoms. The molecular weight excluding hydrogens is 482 g/mol. The Balaban J connectivity index is 1.66. The molecule has 8 heteroatoms. The number of para-hydroxylation sites is 2. The molecule has 184 valence electrons. The van der Waals surface area contributed by atoms with E-state index in [1.54, 1.807) is 45.0 Å². The third-order valence-electron chi connectivity index (χ3n) is 5.38. The molecule has 0 aliphatic carbocycles. The van der Waals surface area contributed by atoms with E-state index in [1.165, 1.54) is 0 Å². The van der Waals surface area contributed by atoms with Crippen LogP contribution in [0.3, 0.4) is 0 Å². The van der Waals surface area contributed by atoms with Gasteiger partial charge in [-0.1, -0.05) is 42.5 Å². The third kappa shape index (κ3) is 6.81. The second-order valence-electron chi connectivity index (χ2n) is 8.91. The van der Waals surface area contributed by atoms with E-state index in [9.17, 15) is 9.13 Å². The maximum atomic E-state index is 13.1. The van der Waals surface area contributed by atoms with Crippen LogP contribution in [0.4, 0.5) is 0 Å². The molecule has 0 aliphatic rings. The summed E-state index contributed by atoms with van der Waals surface area (Å²) in [6.45, 7) is 12.9. The summed E-state index contributed by atoms with van der Waals surface area (Å²) in [6, 6.07) is 18.2. The van der Waals surface area contributed by atoms with Crippen molar-refractivity contribution < 1.29 is 27.7 Å². The van der Waals surface area contributed by atoms with Crippen LogP contribution in [-0.2, 0) is 9.13 Å². The summed E-state index contributed by atoms with van der Waals surface area (Å²) < 4.78 is 49.2. The fraction of sp³-hybridized carbons (Fsp3) is 0.333. The van der Waals surface area contributed by atoms with Gasteiger partial charge >= 0.3 is 27.2 Å². The SMILES string of the molecule is Cc1cccc(C)c1OC(C)[P+](=O)Oc1cccc(O[P+](=O)C(C)(C)Oc2c(C)cccc2C)c1. The van der Waals surface area contributed by atoms with Crippen molar-refractivity contribution in [2.24, 2.45) is 0 Å². The van der Waals surface area contributed by atoms with Crippen LogP contribution in [0.5, 0.6) is 23.0 Å². The van der Waals surface area contributed by atoms with Crippen molar-refractivity contribution in [3.05, 3.63) is 82.9 Å². The predicted molar refractivity (Wildman–Crippen MR) is 140 cm³/mol. The second-order valence-corrected chi connectivity index (χ2v) is 12.2. The van der Waals surface area contributed by atoms with Crippen molar-refractivity contribution in [2.75, 3.05) is 0 Å². The number of benzene rings is 3. The van der Waals surface area contributed by atoms with Gasteiger partial charge in [0.2, 0.25) is 0 Å². The first-order valence-corrected chi connectivity index (χ1v) is 13.8. The lowest BCUT2D eigenvalue weighted by Crippen LogP contribution is -2.25. The van der Waals surface area contributed by atoms with Gasteiger partial charge in [-0.2, -0.15) is 0 Å². The number of hydrogen-bond donors (Lipinski definition) is 0. The predicted octanol–water partition coefficient (Wildman–Crippen LogP) is 8.40. The molecule has 3 aromatic carbocycles. The molecule has 0 N–H and O–H groups in total. The van der Waals surface area contributed by atoms with Crippen LogP contribution in [0, 0.1) is 27.7 Å². The minimum Gasteiger partial charge on any atom is -0.443 e. The summed E-state index contributed by atoms with van der Waals surface area (Å²) >= 11 is 0. The average Bonchev–Trinajstić information content (AvgIpc) is 2.79. The van der Waals surface area contributed by atoms with Crippen LogP contribution >= 0.6 is 16.1 Å². The molecule has 3 rings (SSSR count). The highest BCUT2D eigenvalue weighted by molar-refractivity contribution is 7.41. The molecule has 0 saturated heterocycles. The lowest BCUT2D eigenvalue weighted by atomic mass is 10.1. The van der Waals surface area contributed by atoms with Gasteiger partial charge in [0.25, 0.3) is 0 Å². The minimum absolute atomic E-state index is 0.327. The van der Waals surface area contributed by atoms with Crippen LogP contribution in [-0.4, -0.2) is 11.2 Å². The Kier molecular flexibility index (Phi) is 8.53. The summed E-state index contributed by atoms with van der Waals surface area (Å²) in [5, 5.41) is -1.08.